The van der Waals surface area contributed by atoms with Gasteiger partial charge in [-0.05, 0) is 19.1 Å². The number of benzene rings is 1. The largest absolute Gasteiger partial charge is 0.493 e. The summed E-state index contributed by atoms with van der Waals surface area (Å²) in [7, 11) is 4.77. The summed E-state index contributed by atoms with van der Waals surface area (Å²) in [4.78, 5) is 0. The zero-order valence-electron chi connectivity index (χ0n) is 10.7. The van der Waals surface area contributed by atoms with E-state index < -0.39 is 0 Å². The third kappa shape index (κ3) is 3.14. The summed E-state index contributed by atoms with van der Waals surface area (Å²) in [6.07, 6.45) is 3.80. The lowest BCUT2D eigenvalue weighted by atomic mass is 10.1. The summed E-state index contributed by atoms with van der Waals surface area (Å²) in [5, 5.41) is 0. The van der Waals surface area contributed by atoms with Crippen molar-refractivity contribution in [3.8, 4) is 17.2 Å². The van der Waals surface area contributed by atoms with E-state index in [0.29, 0.717) is 17.2 Å². The van der Waals surface area contributed by atoms with Gasteiger partial charge in [0.15, 0.2) is 11.5 Å². The normalized spacial score (nSPS) is 12.5. The Hall–Kier alpha value is -1.68. The molecule has 0 amide bonds. The molecule has 0 bridgehead atoms. The molecule has 0 aliphatic carbocycles. The standard InChI is InChI=1S/C13H19NO3/c1-9(14)5-6-10-7-8-11(15-2)13(17-4)12(10)16-3/h5-9H,14H2,1-4H3/b6-5+. The molecule has 0 aliphatic heterocycles. The highest BCUT2D eigenvalue weighted by molar-refractivity contribution is 5.66. The van der Waals surface area contributed by atoms with Gasteiger partial charge in [0.1, 0.15) is 0 Å². The molecule has 1 rings (SSSR count). The van der Waals surface area contributed by atoms with Crippen molar-refractivity contribution in [2.45, 2.75) is 13.0 Å². The van der Waals surface area contributed by atoms with Gasteiger partial charge in [-0.1, -0.05) is 12.2 Å². The minimum absolute atomic E-state index is 0.00666. The van der Waals surface area contributed by atoms with Crippen molar-refractivity contribution in [3.05, 3.63) is 23.8 Å². The van der Waals surface area contributed by atoms with Gasteiger partial charge in [0.05, 0.1) is 21.3 Å². The molecule has 1 aromatic rings. The third-order valence-corrected chi connectivity index (χ3v) is 2.31. The number of rotatable bonds is 5. The first-order chi connectivity index (χ1) is 8.13. The molecular formula is C13H19NO3. The molecule has 17 heavy (non-hydrogen) atoms. The fourth-order valence-corrected chi connectivity index (χ4v) is 1.51. The van der Waals surface area contributed by atoms with Crippen molar-refractivity contribution < 1.29 is 14.2 Å². The van der Waals surface area contributed by atoms with Crippen molar-refractivity contribution in [2.75, 3.05) is 21.3 Å². The molecule has 0 heterocycles. The smallest absolute Gasteiger partial charge is 0.203 e. The molecular weight excluding hydrogens is 218 g/mol. The number of nitrogens with two attached hydrogens (primary N) is 1. The van der Waals surface area contributed by atoms with E-state index in [2.05, 4.69) is 0 Å². The average molecular weight is 237 g/mol. The molecule has 1 aromatic carbocycles. The maximum Gasteiger partial charge on any atom is 0.203 e. The fourth-order valence-electron chi connectivity index (χ4n) is 1.51. The van der Waals surface area contributed by atoms with Gasteiger partial charge in [-0.25, -0.2) is 0 Å². The van der Waals surface area contributed by atoms with E-state index in [4.69, 9.17) is 19.9 Å². The summed E-state index contributed by atoms with van der Waals surface area (Å²) in [5.41, 5.74) is 6.58. The second kappa shape index (κ2) is 6.15. The van der Waals surface area contributed by atoms with Gasteiger partial charge in [0.25, 0.3) is 0 Å². The van der Waals surface area contributed by atoms with Crippen LogP contribution >= 0.6 is 0 Å². The molecule has 0 spiro atoms. The van der Waals surface area contributed by atoms with E-state index in [1.54, 1.807) is 21.3 Å². The van der Waals surface area contributed by atoms with E-state index in [9.17, 15) is 0 Å². The Morgan fingerprint density at radius 2 is 1.71 bits per heavy atom. The molecule has 0 radical (unpaired) electrons. The van der Waals surface area contributed by atoms with Crippen molar-refractivity contribution in [3.63, 3.8) is 0 Å². The maximum absolute atomic E-state index is 5.67. The summed E-state index contributed by atoms with van der Waals surface area (Å²) in [5.74, 6) is 1.87. The van der Waals surface area contributed by atoms with Crippen molar-refractivity contribution in [2.24, 2.45) is 5.73 Å². The highest BCUT2D eigenvalue weighted by atomic mass is 16.5. The molecule has 2 N–H and O–H groups in total. The average Bonchev–Trinajstić information content (AvgIpc) is 2.34. The molecule has 0 fully saturated rings. The Kier molecular flexibility index (Phi) is 4.84. The first kappa shape index (κ1) is 13.4. The van der Waals surface area contributed by atoms with Crippen LogP contribution in [0.3, 0.4) is 0 Å². The number of hydrogen-bond donors (Lipinski definition) is 1. The van der Waals surface area contributed by atoms with Crippen LogP contribution in [0.2, 0.25) is 0 Å². The quantitative estimate of drug-likeness (QED) is 0.851. The van der Waals surface area contributed by atoms with Crippen molar-refractivity contribution in [1.82, 2.24) is 0 Å². The van der Waals surface area contributed by atoms with Crippen LogP contribution in [-0.4, -0.2) is 27.4 Å². The summed E-state index contributed by atoms with van der Waals surface area (Å²) < 4.78 is 15.8. The number of ether oxygens (including phenoxy) is 3. The first-order valence-electron chi connectivity index (χ1n) is 5.36. The van der Waals surface area contributed by atoms with Crippen molar-refractivity contribution >= 4 is 6.08 Å². The summed E-state index contributed by atoms with van der Waals surface area (Å²) in [6.45, 7) is 1.91. The predicted octanol–water partition coefficient (Wildman–Crippen LogP) is 2.07. The second-order valence-corrected chi connectivity index (χ2v) is 3.64. The van der Waals surface area contributed by atoms with Crippen LogP contribution < -0.4 is 19.9 Å². The second-order valence-electron chi connectivity index (χ2n) is 3.64. The van der Waals surface area contributed by atoms with E-state index in [-0.39, 0.29) is 6.04 Å². The van der Waals surface area contributed by atoms with Crippen LogP contribution in [0.1, 0.15) is 12.5 Å². The Labute approximate surface area is 102 Å². The number of hydrogen-bond acceptors (Lipinski definition) is 4. The monoisotopic (exact) mass is 237 g/mol. The first-order valence-corrected chi connectivity index (χ1v) is 5.36. The zero-order chi connectivity index (χ0) is 12.8. The fraction of sp³-hybridized carbons (Fsp3) is 0.385. The highest BCUT2D eigenvalue weighted by Gasteiger charge is 2.13. The Morgan fingerprint density at radius 3 is 2.18 bits per heavy atom. The molecule has 94 valence electrons. The van der Waals surface area contributed by atoms with E-state index in [0.717, 1.165) is 5.56 Å². The van der Waals surface area contributed by atoms with Gasteiger partial charge in [-0.2, -0.15) is 0 Å². The highest BCUT2D eigenvalue weighted by Crippen LogP contribution is 2.40. The van der Waals surface area contributed by atoms with Gasteiger partial charge < -0.3 is 19.9 Å². The molecule has 0 aliphatic rings. The molecule has 1 unspecified atom stereocenters. The lowest BCUT2D eigenvalue weighted by molar-refractivity contribution is 0.324. The van der Waals surface area contributed by atoms with Crippen LogP contribution in [0, 0.1) is 0 Å². The van der Waals surface area contributed by atoms with Gasteiger partial charge in [0, 0.05) is 11.6 Å². The van der Waals surface area contributed by atoms with Crippen LogP contribution in [0.5, 0.6) is 17.2 Å². The minimum Gasteiger partial charge on any atom is -0.493 e. The van der Waals surface area contributed by atoms with Crippen molar-refractivity contribution in [1.29, 1.82) is 0 Å². The lowest BCUT2D eigenvalue weighted by Gasteiger charge is -2.14. The Bertz CT molecular complexity index is 400. The topological polar surface area (TPSA) is 53.7 Å². The lowest BCUT2D eigenvalue weighted by Crippen LogP contribution is -2.10. The SMILES string of the molecule is COc1ccc(/C=C/C(C)N)c(OC)c1OC. The van der Waals surface area contributed by atoms with Crippen LogP contribution in [0.25, 0.3) is 6.08 Å². The van der Waals surface area contributed by atoms with Crippen LogP contribution in [0.15, 0.2) is 18.2 Å². The summed E-state index contributed by atoms with van der Waals surface area (Å²) >= 11 is 0. The molecule has 4 heteroatoms. The van der Waals surface area contributed by atoms with Gasteiger partial charge >= 0.3 is 0 Å². The number of methoxy groups -OCH3 is 3. The summed E-state index contributed by atoms with van der Waals surface area (Å²) in [6, 6.07) is 3.73. The molecule has 1 atom stereocenters. The van der Waals surface area contributed by atoms with Gasteiger partial charge in [-0.3, -0.25) is 0 Å². The van der Waals surface area contributed by atoms with Gasteiger partial charge in [0.2, 0.25) is 5.75 Å². The Morgan fingerprint density at radius 1 is 1.06 bits per heavy atom. The molecule has 0 saturated carbocycles. The Balaban J connectivity index is 3.23. The van der Waals surface area contributed by atoms with Crippen LogP contribution in [0.4, 0.5) is 0 Å². The van der Waals surface area contributed by atoms with Gasteiger partial charge in [-0.15, -0.1) is 0 Å². The molecule has 4 nitrogen and oxygen atoms in total. The molecule has 0 saturated heterocycles. The van der Waals surface area contributed by atoms with E-state index in [1.807, 2.05) is 31.2 Å². The third-order valence-electron chi connectivity index (χ3n) is 2.31. The maximum atomic E-state index is 5.67. The van der Waals surface area contributed by atoms with Crippen LogP contribution in [-0.2, 0) is 0 Å². The zero-order valence-corrected chi connectivity index (χ0v) is 10.7. The minimum atomic E-state index is -0.00666. The van der Waals surface area contributed by atoms with E-state index >= 15 is 0 Å². The van der Waals surface area contributed by atoms with E-state index in [1.165, 1.54) is 0 Å². The predicted molar refractivity (Wildman–Crippen MR) is 68.8 cm³/mol. The molecule has 0 aromatic heterocycles.